The van der Waals surface area contributed by atoms with Gasteiger partial charge in [-0.3, -0.25) is 4.68 Å². The van der Waals surface area contributed by atoms with Gasteiger partial charge in [-0.15, -0.1) is 11.3 Å². The van der Waals surface area contributed by atoms with Gasteiger partial charge in [0.2, 0.25) is 5.95 Å². The van der Waals surface area contributed by atoms with Gasteiger partial charge in [0.05, 0.1) is 33.0 Å². The quantitative estimate of drug-likeness (QED) is 0.341. The number of alkyl halides is 2. The van der Waals surface area contributed by atoms with Crippen molar-refractivity contribution < 1.29 is 13.5 Å². The maximum Gasteiger partial charge on any atom is 0.387 e. The van der Waals surface area contributed by atoms with Gasteiger partial charge < -0.3 is 25.6 Å². The molecule has 0 spiro atoms. The normalized spacial score (nSPS) is 11.5. The number of nitrogen functional groups attached to an aromatic ring is 1. The maximum absolute atomic E-state index is 13.2. The number of aryl methyl sites for hydroxylation is 1. The van der Waals surface area contributed by atoms with Crippen molar-refractivity contribution in [3.8, 4) is 17.1 Å². The summed E-state index contributed by atoms with van der Waals surface area (Å²) in [5, 5.41) is 9.52. The lowest BCUT2D eigenvalue weighted by molar-refractivity contribution is -0.0493. The van der Waals surface area contributed by atoms with Crippen molar-refractivity contribution >= 4 is 44.6 Å². The van der Waals surface area contributed by atoms with Crippen LogP contribution in [0.1, 0.15) is 0 Å². The Hall–Kier alpha value is -3.51. The first kappa shape index (κ1) is 23.6. The highest BCUT2D eigenvalue weighted by Crippen LogP contribution is 2.37. The Morgan fingerprint density at radius 2 is 2.00 bits per heavy atom. The van der Waals surface area contributed by atoms with Crippen molar-refractivity contribution in [2.75, 3.05) is 50.2 Å². The Morgan fingerprint density at radius 3 is 2.74 bits per heavy atom. The van der Waals surface area contributed by atoms with E-state index in [0.29, 0.717) is 23.6 Å². The van der Waals surface area contributed by atoms with Crippen LogP contribution in [0.2, 0.25) is 0 Å². The second-order valence-corrected chi connectivity index (χ2v) is 8.92. The second kappa shape index (κ2) is 9.77. The highest BCUT2D eigenvalue weighted by molar-refractivity contribution is 7.17. The number of nitrogens with zero attached hydrogens (tertiary/aromatic N) is 6. The summed E-state index contributed by atoms with van der Waals surface area (Å²) in [5.41, 5.74) is 9.83. The lowest BCUT2D eigenvalue weighted by atomic mass is 10.2. The van der Waals surface area contributed by atoms with E-state index in [0.717, 1.165) is 22.5 Å². The maximum atomic E-state index is 13.2. The van der Waals surface area contributed by atoms with Gasteiger partial charge in [0.15, 0.2) is 5.75 Å². The molecule has 0 atom stereocenters. The number of ether oxygens (including phenoxy) is 1. The van der Waals surface area contributed by atoms with E-state index in [9.17, 15) is 8.78 Å². The highest BCUT2D eigenvalue weighted by Gasteiger charge is 2.18. The van der Waals surface area contributed by atoms with Crippen molar-refractivity contribution in [2.24, 2.45) is 7.05 Å². The Kier molecular flexibility index (Phi) is 6.80. The van der Waals surface area contributed by atoms with Crippen LogP contribution >= 0.6 is 11.3 Å². The molecule has 180 valence electrons. The summed E-state index contributed by atoms with van der Waals surface area (Å²) in [6.45, 7) is -1.58. The van der Waals surface area contributed by atoms with E-state index in [4.69, 9.17) is 10.5 Å². The minimum Gasteiger partial charge on any atom is -0.433 e. The van der Waals surface area contributed by atoms with Crippen LogP contribution in [0, 0.1) is 0 Å². The average Bonchev–Trinajstić information content (AvgIpc) is 3.38. The first-order valence-electron chi connectivity index (χ1n) is 10.5. The molecule has 0 fully saturated rings. The van der Waals surface area contributed by atoms with Crippen LogP contribution in [-0.2, 0) is 7.05 Å². The highest BCUT2D eigenvalue weighted by atomic mass is 32.1. The van der Waals surface area contributed by atoms with Gasteiger partial charge in [-0.05, 0) is 37.7 Å². The van der Waals surface area contributed by atoms with Gasteiger partial charge in [0.25, 0.3) is 0 Å². The zero-order valence-electron chi connectivity index (χ0n) is 19.3. The van der Waals surface area contributed by atoms with Gasteiger partial charge in [-0.2, -0.15) is 13.9 Å². The van der Waals surface area contributed by atoms with Crippen molar-refractivity contribution in [3.63, 3.8) is 0 Å². The fourth-order valence-electron chi connectivity index (χ4n) is 3.50. The molecule has 4 rings (SSSR count). The fourth-order valence-corrected chi connectivity index (χ4v) is 4.41. The third-order valence-electron chi connectivity index (χ3n) is 5.24. The minimum atomic E-state index is -3.00. The van der Waals surface area contributed by atoms with Crippen molar-refractivity contribution in [1.82, 2.24) is 24.6 Å². The molecule has 0 saturated carbocycles. The summed E-state index contributed by atoms with van der Waals surface area (Å²) in [6, 6.07) is 6.79. The molecule has 0 saturated heterocycles. The second-order valence-electron chi connectivity index (χ2n) is 8.01. The molecule has 3 heterocycles. The standard InChI is InChI=1S/C22H26F2N8OS/c1-30(2)8-9-31(3)17-12-18(33-21(23)24)15(11-13(17)25)28-22-26-7-5-14(27-22)19-20-16(6-10-34-20)32(4)29-19/h5-7,10-12,21H,8-9,25H2,1-4H3,(H,26,27,28). The first-order valence-corrected chi connectivity index (χ1v) is 11.4. The van der Waals surface area contributed by atoms with E-state index in [-0.39, 0.29) is 17.4 Å². The van der Waals surface area contributed by atoms with E-state index in [1.54, 1.807) is 34.3 Å². The van der Waals surface area contributed by atoms with Gasteiger partial charge in [0.1, 0.15) is 5.69 Å². The lowest BCUT2D eigenvalue weighted by Crippen LogP contribution is -2.29. The van der Waals surface area contributed by atoms with Gasteiger partial charge in [-0.25, -0.2) is 9.97 Å². The van der Waals surface area contributed by atoms with Gasteiger partial charge in [0, 0.05) is 39.4 Å². The van der Waals surface area contributed by atoms with Gasteiger partial charge in [-0.1, -0.05) is 0 Å². The summed E-state index contributed by atoms with van der Waals surface area (Å²) >= 11 is 1.57. The fraction of sp³-hybridized carbons (Fsp3) is 0.318. The van der Waals surface area contributed by atoms with Crippen LogP contribution in [0.15, 0.2) is 35.8 Å². The van der Waals surface area contributed by atoms with Crippen LogP contribution in [0.5, 0.6) is 5.75 Å². The van der Waals surface area contributed by atoms with Crippen molar-refractivity contribution in [1.29, 1.82) is 0 Å². The molecule has 0 aliphatic heterocycles. The zero-order chi connectivity index (χ0) is 24.4. The molecular weight excluding hydrogens is 462 g/mol. The minimum absolute atomic E-state index is 0.0524. The first-order chi connectivity index (χ1) is 16.2. The summed E-state index contributed by atoms with van der Waals surface area (Å²) in [6.07, 6.45) is 1.58. The molecule has 1 aromatic carbocycles. The number of nitrogens with one attached hydrogen (secondary N) is 1. The molecular formula is C22H26F2N8OS. The number of nitrogens with two attached hydrogens (primary N) is 1. The molecule has 0 amide bonds. The number of anilines is 4. The van der Waals surface area contributed by atoms with Crippen LogP contribution in [-0.4, -0.2) is 65.5 Å². The van der Waals surface area contributed by atoms with E-state index in [1.807, 2.05) is 49.4 Å². The molecule has 0 bridgehead atoms. The van der Waals surface area contributed by atoms with E-state index < -0.39 is 6.61 Å². The Balaban J connectivity index is 1.66. The number of aromatic nitrogens is 4. The molecule has 0 aliphatic rings. The van der Waals surface area contributed by atoms with Crippen LogP contribution in [0.3, 0.4) is 0 Å². The SMILES string of the molecule is CN(C)CCN(C)c1cc(OC(F)F)c(Nc2nccc(-c3nn(C)c4ccsc34)n2)cc1N. The van der Waals surface area contributed by atoms with Crippen LogP contribution < -0.4 is 20.7 Å². The summed E-state index contributed by atoms with van der Waals surface area (Å²) in [5.74, 6) is 0.156. The number of halogens is 2. The van der Waals surface area contributed by atoms with E-state index in [2.05, 4.69) is 20.4 Å². The number of hydrogen-bond acceptors (Lipinski definition) is 9. The van der Waals surface area contributed by atoms with E-state index >= 15 is 0 Å². The van der Waals surface area contributed by atoms with Crippen molar-refractivity contribution in [3.05, 3.63) is 35.8 Å². The Labute approximate surface area is 199 Å². The molecule has 0 unspecified atom stereocenters. The number of likely N-dealkylation sites (N-methyl/N-ethyl adjacent to an activating group) is 2. The summed E-state index contributed by atoms with van der Waals surface area (Å²) in [7, 11) is 7.63. The monoisotopic (exact) mass is 488 g/mol. The lowest BCUT2D eigenvalue weighted by Gasteiger charge is -2.24. The number of rotatable bonds is 9. The average molecular weight is 489 g/mol. The van der Waals surface area contributed by atoms with E-state index in [1.165, 1.54) is 6.07 Å². The molecule has 0 radical (unpaired) electrons. The summed E-state index contributed by atoms with van der Waals surface area (Å²) < 4.78 is 34.0. The molecule has 9 nitrogen and oxygen atoms in total. The number of hydrogen-bond donors (Lipinski definition) is 2. The summed E-state index contributed by atoms with van der Waals surface area (Å²) in [4.78, 5) is 12.7. The topological polar surface area (TPSA) is 97.4 Å². The molecule has 3 aromatic heterocycles. The largest absolute Gasteiger partial charge is 0.433 e. The third-order valence-corrected chi connectivity index (χ3v) is 6.15. The van der Waals surface area contributed by atoms with Crippen LogP contribution in [0.25, 0.3) is 21.6 Å². The number of thiophene rings is 1. The molecule has 34 heavy (non-hydrogen) atoms. The Bertz CT molecular complexity index is 1290. The molecule has 4 aromatic rings. The zero-order valence-corrected chi connectivity index (χ0v) is 20.1. The van der Waals surface area contributed by atoms with Crippen molar-refractivity contribution in [2.45, 2.75) is 6.61 Å². The molecule has 3 N–H and O–H groups in total. The molecule has 12 heteroatoms. The number of fused-ring (bicyclic) bond motifs is 1. The van der Waals surface area contributed by atoms with Crippen LogP contribution in [0.4, 0.5) is 31.8 Å². The number of benzene rings is 1. The Morgan fingerprint density at radius 1 is 1.21 bits per heavy atom. The van der Waals surface area contributed by atoms with Gasteiger partial charge >= 0.3 is 6.61 Å². The smallest absolute Gasteiger partial charge is 0.387 e. The predicted octanol–water partition coefficient (Wildman–Crippen LogP) is 4.02. The predicted molar refractivity (Wildman–Crippen MR) is 132 cm³/mol. The molecule has 0 aliphatic carbocycles. The third kappa shape index (κ3) is 5.02.